The summed E-state index contributed by atoms with van der Waals surface area (Å²) >= 11 is 3.60. The van der Waals surface area contributed by atoms with Crippen LogP contribution in [0.25, 0.3) is 0 Å². The smallest absolute Gasteiger partial charge is 0.112 e. The normalized spacial score (nSPS) is 19.1. The van der Waals surface area contributed by atoms with E-state index in [1.54, 1.807) is 0 Å². The highest BCUT2D eigenvalue weighted by molar-refractivity contribution is 9.10. The van der Waals surface area contributed by atoms with Gasteiger partial charge in [0.1, 0.15) is 10.4 Å². The summed E-state index contributed by atoms with van der Waals surface area (Å²) in [6.45, 7) is 10.3. The van der Waals surface area contributed by atoms with E-state index in [4.69, 9.17) is 0 Å². The van der Waals surface area contributed by atoms with Gasteiger partial charge in [-0.05, 0) is 62.3 Å². The highest BCUT2D eigenvalue weighted by Crippen LogP contribution is 2.31. The van der Waals surface area contributed by atoms with E-state index in [1.165, 1.54) is 38.3 Å². The van der Waals surface area contributed by atoms with Crippen LogP contribution in [0.3, 0.4) is 0 Å². The highest BCUT2D eigenvalue weighted by atomic mass is 79.9. The highest BCUT2D eigenvalue weighted by Gasteiger charge is 2.24. The molecule has 0 saturated carbocycles. The summed E-state index contributed by atoms with van der Waals surface area (Å²) < 4.78 is 3.44. The second-order valence-corrected chi connectivity index (χ2v) is 5.92. The largest absolute Gasteiger partial charge is 0.320 e. The number of imidazole rings is 1. The number of hydrogen-bond acceptors (Lipinski definition) is 2. The second kappa shape index (κ2) is 5.53. The minimum absolute atomic E-state index is 0.478. The van der Waals surface area contributed by atoms with Crippen molar-refractivity contribution in [2.24, 2.45) is 0 Å². The maximum Gasteiger partial charge on any atom is 0.112 e. The first-order chi connectivity index (χ1) is 8.13. The first-order valence-electron chi connectivity index (χ1n) is 6.58. The SMILES string of the molecule is CCN1CCC(c2ncc(Br)n2C(C)C)CC1. The molecule has 0 bridgehead atoms. The molecule has 1 aliphatic rings. The Bertz CT molecular complexity index is 365. The van der Waals surface area contributed by atoms with E-state index in [0.29, 0.717) is 12.0 Å². The van der Waals surface area contributed by atoms with Crippen LogP contribution >= 0.6 is 15.9 Å². The van der Waals surface area contributed by atoms with E-state index in [0.717, 1.165) is 4.60 Å². The van der Waals surface area contributed by atoms with Crippen molar-refractivity contribution in [2.45, 2.75) is 45.6 Å². The fraction of sp³-hybridized carbons (Fsp3) is 0.769. The van der Waals surface area contributed by atoms with Crippen LogP contribution in [0.1, 0.15) is 51.4 Å². The van der Waals surface area contributed by atoms with E-state index in [9.17, 15) is 0 Å². The number of likely N-dealkylation sites (tertiary alicyclic amines) is 1. The van der Waals surface area contributed by atoms with Gasteiger partial charge in [0.05, 0.1) is 6.20 Å². The zero-order chi connectivity index (χ0) is 12.4. The summed E-state index contributed by atoms with van der Waals surface area (Å²) in [6.07, 6.45) is 4.43. The van der Waals surface area contributed by atoms with Crippen LogP contribution in [0.4, 0.5) is 0 Å². The number of hydrogen-bond donors (Lipinski definition) is 0. The Hall–Kier alpha value is -0.350. The van der Waals surface area contributed by atoms with Crippen LogP contribution < -0.4 is 0 Å². The average molecular weight is 300 g/mol. The van der Waals surface area contributed by atoms with Crippen LogP contribution in [-0.2, 0) is 0 Å². The third-order valence-electron chi connectivity index (χ3n) is 3.70. The van der Waals surface area contributed by atoms with Gasteiger partial charge in [-0.2, -0.15) is 0 Å². The Morgan fingerprint density at radius 2 is 2.06 bits per heavy atom. The van der Waals surface area contributed by atoms with Crippen molar-refractivity contribution in [3.05, 3.63) is 16.6 Å². The molecule has 0 radical (unpaired) electrons. The fourth-order valence-corrected chi connectivity index (χ4v) is 3.37. The topological polar surface area (TPSA) is 21.1 Å². The molecule has 1 aromatic rings. The lowest BCUT2D eigenvalue weighted by atomic mass is 9.96. The minimum Gasteiger partial charge on any atom is -0.320 e. The number of rotatable bonds is 3. The monoisotopic (exact) mass is 299 g/mol. The molecule has 0 spiro atoms. The van der Waals surface area contributed by atoms with Gasteiger partial charge in [-0.1, -0.05) is 6.92 Å². The van der Waals surface area contributed by atoms with Crippen LogP contribution in [-0.4, -0.2) is 34.1 Å². The van der Waals surface area contributed by atoms with Crippen LogP contribution in [0.5, 0.6) is 0 Å². The quantitative estimate of drug-likeness (QED) is 0.853. The number of halogens is 1. The van der Waals surface area contributed by atoms with E-state index in [2.05, 4.69) is 51.2 Å². The van der Waals surface area contributed by atoms with Gasteiger partial charge in [0.25, 0.3) is 0 Å². The Morgan fingerprint density at radius 3 is 2.59 bits per heavy atom. The Kier molecular flexibility index (Phi) is 4.26. The Labute approximate surface area is 112 Å². The zero-order valence-corrected chi connectivity index (χ0v) is 12.6. The molecule has 96 valence electrons. The van der Waals surface area contributed by atoms with Crippen molar-refractivity contribution in [3.8, 4) is 0 Å². The molecule has 0 atom stereocenters. The molecule has 0 aromatic carbocycles. The molecule has 17 heavy (non-hydrogen) atoms. The Balaban J connectivity index is 2.13. The molecule has 1 fully saturated rings. The van der Waals surface area contributed by atoms with Gasteiger partial charge in [-0.15, -0.1) is 0 Å². The summed E-state index contributed by atoms with van der Waals surface area (Å²) in [5.41, 5.74) is 0. The van der Waals surface area contributed by atoms with Crippen molar-refractivity contribution in [2.75, 3.05) is 19.6 Å². The fourth-order valence-electron chi connectivity index (χ4n) is 2.67. The van der Waals surface area contributed by atoms with E-state index in [1.807, 2.05) is 6.20 Å². The van der Waals surface area contributed by atoms with E-state index >= 15 is 0 Å². The molecule has 2 rings (SSSR count). The predicted molar refractivity (Wildman–Crippen MR) is 74.4 cm³/mol. The van der Waals surface area contributed by atoms with Crippen LogP contribution in [0.15, 0.2) is 10.8 Å². The molecule has 0 unspecified atom stereocenters. The summed E-state index contributed by atoms with van der Waals surface area (Å²) in [7, 11) is 0. The molecule has 1 aromatic heterocycles. The standard InChI is InChI=1S/C13H22BrN3/c1-4-16-7-5-11(6-8-16)13-15-9-12(14)17(13)10(2)3/h9-11H,4-8H2,1-3H3. The summed E-state index contributed by atoms with van der Waals surface area (Å²) in [4.78, 5) is 7.13. The lowest BCUT2D eigenvalue weighted by Crippen LogP contribution is -2.33. The molecular formula is C13H22BrN3. The first-order valence-corrected chi connectivity index (χ1v) is 7.37. The zero-order valence-electron chi connectivity index (χ0n) is 11.0. The molecule has 3 nitrogen and oxygen atoms in total. The molecular weight excluding hydrogens is 278 g/mol. The number of piperidine rings is 1. The van der Waals surface area contributed by atoms with E-state index in [-0.39, 0.29) is 0 Å². The summed E-state index contributed by atoms with van der Waals surface area (Å²) in [6, 6.07) is 0.478. The minimum atomic E-state index is 0.478. The van der Waals surface area contributed by atoms with Crippen LogP contribution in [0.2, 0.25) is 0 Å². The molecule has 0 aliphatic carbocycles. The first kappa shape index (κ1) is 13.1. The number of aromatic nitrogens is 2. The van der Waals surface area contributed by atoms with Crippen molar-refractivity contribution in [3.63, 3.8) is 0 Å². The lowest BCUT2D eigenvalue weighted by Gasteiger charge is -2.31. The molecule has 2 heterocycles. The van der Waals surface area contributed by atoms with Crippen LogP contribution in [0, 0.1) is 0 Å². The van der Waals surface area contributed by atoms with E-state index < -0.39 is 0 Å². The average Bonchev–Trinajstić information content (AvgIpc) is 2.71. The van der Waals surface area contributed by atoms with Gasteiger partial charge >= 0.3 is 0 Å². The summed E-state index contributed by atoms with van der Waals surface area (Å²) in [5, 5.41) is 0. The maximum atomic E-state index is 4.61. The third-order valence-corrected chi connectivity index (χ3v) is 4.28. The molecule has 1 saturated heterocycles. The van der Waals surface area contributed by atoms with Gasteiger partial charge in [0.2, 0.25) is 0 Å². The van der Waals surface area contributed by atoms with Crippen molar-refractivity contribution >= 4 is 15.9 Å². The van der Waals surface area contributed by atoms with Crippen molar-refractivity contribution in [1.82, 2.24) is 14.5 Å². The number of nitrogens with zero attached hydrogens (tertiary/aromatic N) is 3. The second-order valence-electron chi connectivity index (χ2n) is 5.11. The van der Waals surface area contributed by atoms with Gasteiger partial charge in [0.15, 0.2) is 0 Å². The van der Waals surface area contributed by atoms with Crippen molar-refractivity contribution < 1.29 is 0 Å². The lowest BCUT2D eigenvalue weighted by molar-refractivity contribution is 0.216. The third kappa shape index (κ3) is 2.74. The molecule has 0 amide bonds. The van der Waals surface area contributed by atoms with Gasteiger partial charge in [0, 0.05) is 12.0 Å². The van der Waals surface area contributed by atoms with Gasteiger partial charge in [-0.3, -0.25) is 0 Å². The maximum absolute atomic E-state index is 4.61. The molecule has 0 N–H and O–H groups in total. The summed E-state index contributed by atoms with van der Waals surface area (Å²) in [5.74, 6) is 1.90. The van der Waals surface area contributed by atoms with Gasteiger partial charge < -0.3 is 9.47 Å². The van der Waals surface area contributed by atoms with Crippen molar-refractivity contribution in [1.29, 1.82) is 0 Å². The van der Waals surface area contributed by atoms with Gasteiger partial charge in [-0.25, -0.2) is 4.98 Å². The predicted octanol–water partition coefficient (Wildman–Crippen LogP) is 3.43. The molecule has 1 aliphatic heterocycles. The molecule has 4 heteroatoms. The Morgan fingerprint density at radius 1 is 1.41 bits per heavy atom.